The van der Waals surface area contributed by atoms with Crippen LogP contribution in [0.1, 0.15) is 19.3 Å². The summed E-state index contributed by atoms with van der Waals surface area (Å²) < 4.78 is 27.2. The van der Waals surface area contributed by atoms with Crippen LogP contribution in [0.3, 0.4) is 0 Å². The molecule has 1 unspecified atom stereocenters. The summed E-state index contributed by atoms with van der Waals surface area (Å²) in [4.78, 5) is 3.20. The van der Waals surface area contributed by atoms with Crippen molar-refractivity contribution in [2.45, 2.75) is 30.2 Å². The zero-order chi connectivity index (χ0) is 15.0. The van der Waals surface area contributed by atoms with Gasteiger partial charge < -0.3 is 15.8 Å². The molecule has 0 bridgehead atoms. The minimum Gasteiger partial charge on any atom is -0.399 e. The number of anilines is 1. The van der Waals surface area contributed by atoms with E-state index in [9.17, 15) is 13.5 Å². The standard InChI is InChI=1S/C14H19N3O3S/c15-10-4-5-13-12(7-10)14(8-16-13)21(19,20)17-6-2-1-3-11(17)9-18/h4-5,7-8,11,16,18H,1-3,6,9,15H2. The Labute approximate surface area is 123 Å². The third-order valence-corrected chi connectivity index (χ3v) is 6.03. The second-order valence-electron chi connectivity index (χ2n) is 5.41. The molecule has 1 fully saturated rings. The first-order valence-electron chi connectivity index (χ1n) is 7.03. The van der Waals surface area contributed by atoms with E-state index in [4.69, 9.17) is 5.73 Å². The predicted octanol–water partition coefficient (Wildman–Crippen LogP) is 1.29. The van der Waals surface area contributed by atoms with E-state index in [1.165, 1.54) is 10.5 Å². The molecule has 1 aromatic carbocycles. The fourth-order valence-corrected chi connectivity index (χ4v) is 4.77. The minimum absolute atomic E-state index is 0.149. The number of nitrogens with two attached hydrogens (primary N) is 1. The van der Waals surface area contributed by atoms with Crippen LogP contribution in [0, 0.1) is 0 Å². The van der Waals surface area contributed by atoms with Gasteiger partial charge in [0.05, 0.1) is 6.61 Å². The molecule has 1 atom stereocenters. The molecule has 0 saturated carbocycles. The number of sulfonamides is 1. The van der Waals surface area contributed by atoms with Crippen molar-refractivity contribution in [3.05, 3.63) is 24.4 Å². The molecular formula is C14H19N3O3S. The van der Waals surface area contributed by atoms with Crippen LogP contribution >= 0.6 is 0 Å². The second kappa shape index (κ2) is 5.32. The number of nitrogens with one attached hydrogen (secondary N) is 1. The Morgan fingerprint density at radius 2 is 2.19 bits per heavy atom. The highest BCUT2D eigenvalue weighted by atomic mass is 32.2. The number of fused-ring (bicyclic) bond motifs is 1. The van der Waals surface area contributed by atoms with E-state index in [-0.39, 0.29) is 17.5 Å². The van der Waals surface area contributed by atoms with Gasteiger partial charge in [-0.1, -0.05) is 6.42 Å². The molecule has 0 radical (unpaired) electrons. The maximum atomic E-state index is 12.9. The van der Waals surface area contributed by atoms with Crippen LogP contribution in [0.4, 0.5) is 5.69 Å². The van der Waals surface area contributed by atoms with Crippen LogP contribution in [0.15, 0.2) is 29.3 Å². The van der Waals surface area contributed by atoms with Crippen molar-refractivity contribution in [3.63, 3.8) is 0 Å². The maximum absolute atomic E-state index is 12.9. The van der Waals surface area contributed by atoms with Gasteiger partial charge in [-0.2, -0.15) is 4.31 Å². The molecule has 3 rings (SSSR count). The number of rotatable bonds is 3. The van der Waals surface area contributed by atoms with Crippen LogP contribution in [-0.4, -0.2) is 42.0 Å². The van der Waals surface area contributed by atoms with Gasteiger partial charge in [0.2, 0.25) is 10.0 Å². The summed E-state index contributed by atoms with van der Waals surface area (Å²) in [5.74, 6) is 0. The van der Waals surface area contributed by atoms with Crippen molar-refractivity contribution in [1.82, 2.24) is 9.29 Å². The topological polar surface area (TPSA) is 99.4 Å². The molecule has 0 spiro atoms. The molecule has 0 aliphatic carbocycles. The molecule has 21 heavy (non-hydrogen) atoms. The summed E-state index contributed by atoms with van der Waals surface area (Å²) in [7, 11) is -3.64. The van der Waals surface area contributed by atoms with Crippen molar-refractivity contribution < 1.29 is 13.5 Å². The highest BCUT2D eigenvalue weighted by Gasteiger charge is 2.34. The minimum atomic E-state index is -3.64. The molecule has 4 N–H and O–H groups in total. The van der Waals surface area contributed by atoms with Gasteiger partial charge in [-0.25, -0.2) is 8.42 Å². The monoisotopic (exact) mass is 309 g/mol. The van der Waals surface area contributed by atoms with Gasteiger partial charge in [0, 0.05) is 35.4 Å². The summed E-state index contributed by atoms with van der Waals surface area (Å²) in [6.07, 6.45) is 3.96. The lowest BCUT2D eigenvalue weighted by atomic mass is 10.1. The Bertz CT molecular complexity index is 754. The molecule has 2 heterocycles. The first-order valence-corrected chi connectivity index (χ1v) is 8.47. The Balaban J connectivity index is 2.09. The third kappa shape index (κ3) is 2.41. The number of H-pyrrole nitrogens is 1. The van der Waals surface area contributed by atoms with E-state index in [1.807, 2.05) is 0 Å². The van der Waals surface area contributed by atoms with Gasteiger partial charge >= 0.3 is 0 Å². The molecule has 0 amide bonds. The van der Waals surface area contributed by atoms with Gasteiger partial charge in [0.25, 0.3) is 0 Å². The largest absolute Gasteiger partial charge is 0.399 e. The van der Waals surface area contributed by atoms with E-state index >= 15 is 0 Å². The van der Waals surface area contributed by atoms with Gasteiger partial charge in [0.15, 0.2) is 0 Å². The van der Waals surface area contributed by atoms with Gasteiger partial charge in [0.1, 0.15) is 4.90 Å². The number of hydrogen-bond donors (Lipinski definition) is 3. The van der Waals surface area contributed by atoms with Crippen LogP contribution in [0.5, 0.6) is 0 Å². The van der Waals surface area contributed by atoms with E-state index in [0.717, 1.165) is 18.4 Å². The zero-order valence-electron chi connectivity index (χ0n) is 11.6. The lowest BCUT2D eigenvalue weighted by Crippen LogP contribution is -2.45. The van der Waals surface area contributed by atoms with Crippen molar-refractivity contribution in [3.8, 4) is 0 Å². The van der Waals surface area contributed by atoms with E-state index in [1.54, 1.807) is 18.2 Å². The Kier molecular flexibility index (Phi) is 3.64. The zero-order valence-corrected chi connectivity index (χ0v) is 12.4. The summed E-state index contributed by atoms with van der Waals surface area (Å²) in [6, 6.07) is 4.82. The number of aliphatic hydroxyl groups is 1. The smallest absolute Gasteiger partial charge is 0.245 e. The molecule has 1 aromatic heterocycles. The lowest BCUT2D eigenvalue weighted by molar-refractivity contribution is 0.155. The highest BCUT2D eigenvalue weighted by molar-refractivity contribution is 7.89. The molecule has 1 saturated heterocycles. The molecule has 114 valence electrons. The number of benzene rings is 1. The second-order valence-corrected chi connectivity index (χ2v) is 7.26. The number of nitrogen functional groups attached to an aromatic ring is 1. The first kappa shape index (κ1) is 14.4. The lowest BCUT2D eigenvalue weighted by Gasteiger charge is -2.33. The fourth-order valence-electron chi connectivity index (χ4n) is 2.93. The molecule has 7 heteroatoms. The number of nitrogens with zero attached hydrogens (tertiary/aromatic N) is 1. The predicted molar refractivity (Wildman–Crippen MR) is 81.3 cm³/mol. The van der Waals surface area contributed by atoms with Gasteiger partial charge in [-0.3, -0.25) is 0 Å². The fraction of sp³-hybridized carbons (Fsp3) is 0.429. The summed E-state index contributed by atoms with van der Waals surface area (Å²) >= 11 is 0. The molecule has 1 aliphatic heterocycles. The van der Waals surface area contributed by atoms with E-state index in [2.05, 4.69) is 4.98 Å². The number of aromatic amines is 1. The quantitative estimate of drug-likeness (QED) is 0.744. The molecule has 1 aliphatic rings. The maximum Gasteiger partial charge on any atom is 0.245 e. The number of aliphatic hydroxyl groups excluding tert-OH is 1. The molecular weight excluding hydrogens is 290 g/mol. The Morgan fingerprint density at radius 1 is 1.38 bits per heavy atom. The van der Waals surface area contributed by atoms with Crippen LogP contribution < -0.4 is 5.73 Å². The number of aromatic nitrogens is 1. The summed E-state index contributed by atoms with van der Waals surface area (Å²) in [6.45, 7) is 0.298. The van der Waals surface area contributed by atoms with E-state index in [0.29, 0.717) is 24.0 Å². The first-order chi connectivity index (χ1) is 10.0. The Hall–Kier alpha value is -1.57. The van der Waals surface area contributed by atoms with Crippen molar-refractivity contribution >= 4 is 26.6 Å². The van der Waals surface area contributed by atoms with Gasteiger partial charge in [-0.15, -0.1) is 0 Å². The average Bonchev–Trinajstić information content (AvgIpc) is 2.90. The number of piperidine rings is 1. The SMILES string of the molecule is Nc1ccc2[nH]cc(S(=O)(=O)N3CCCCC3CO)c2c1. The van der Waals surface area contributed by atoms with E-state index < -0.39 is 10.0 Å². The third-order valence-electron chi connectivity index (χ3n) is 4.04. The van der Waals surface area contributed by atoms with Gasteiger partial charge in [-0.05, 0) is 31.0 Å². The summed E-state index contributed by atoms with van der Waals surface area (Å²) in [5, 5.41) is 10.0. The van der Waals surface area contributed by atoms with Crippen molar-refractivity contribution in [2.75, 3.05) is 18.9 Å². The van der Waals surface area contributed by atoms with Crippen LogP contribution in [-0.2, 0) is 10.0 Å². The molecule has 6 nitrogen and oxygen atoms in total. The Morgan fingerprint density at radius 3 is 2.95 bits per heavy atom. The van der Waals surface area contributed by atoms with Crippen molar-refractivity contribution in [2.24, 2.45) is 0 Å². The van der Waals surface area contributed by atoms with Crippen LogP contribution in [0.2, 0.25) is 0 Å². The van der Waals surface area contributed by atoms with Crippen molar-refractivity contribution in [1.29, 1.82) is 0 Å². The number of hydrogen-bond acceptors (Lipinski definition) is 4. The summed E-state index contributed by atoms with van der Waals surface area (Å²) in [5.41, 5.74) is 7.03. The van der Waals surface area contributed by atoms with Crippen LogP contribution in [0.25, 0.3) is 10.9 Å². The highest BCUT2D eigenvalue weighted by Crippen LogP contribution is 2.30. The average molecular weight is 309 g/mol. The normalized spacial score (nSPS) is 20.9. The molecule has 2 aromatic rings.